The lowest BCUT2D eigenvalue weighted by Gasteiger charge is -2.28. The Bertz CT molecular complexity index is 513. The van der Waals surface area contributed by atoms with Gasteiger partial charge in [-0.1, -0.05) is 6.07 Å². The minimum absolute atomic E-state index is 0.0371. The summed E-state index contributed by atoms with van der Waals surface area (Å²) in [4.78, 5) is 25.1. The number of carbonyl (C=O) groups is 2. The van der Waals surface area contributed by atoms with E-state index in [0.29, 0.717) is 26.1 Å². The number of nitrogens with zero attached hydrogens (tertiary/aromatic N) is 1. The van der Waals surface area contributed by atoms with Gasteiger partial charge in [-0.05, 0) is 30.2 Å². The summed E-state index contributed by atoms with van der Waals surface area (Å²) in [6, 6.07) is 5.76. The van der Waals surface area contributed by atoms with Gasteiger partial charge >= 0.3 is 5.97 Å². The van der Waals surface area contributed by atoms with Crippen molar-refractivity contribution in [3.05, 3.63) is 29.3 Å². The Morgan fingerprint density at radius 2 is 2.15 bits per heavy atom. The molecule has 0 radical (unpaired) electrons. The SMILES string of the molecule is CCOC(=O)CCN1Cc2ccc(OC)cc2CC1=O. The Labute approximate surface area is 118 Å². The average Bonchev–Trinajstić information content (AvgIpc) is 2.44. The molecule has 0 saturated carbocycles. The van der Waals surface area contributed by atoms with E-state index in [1.165, 1.54) is 0 Å². The van der Waals surface area contributed by atoms with Crippen LogP contribution in [0, 0.1) is 0 Å². The second-order valence-corrected chi connectivity index (χ2v) is 4.68. The highest BCUT2D eigenvalue weighted by atomic mass is 16.5. The zero-order valence-corrected chi connectivity index (χ0v) is 11.8. The van der Waals surface area contributed by atoms with Gasteiger partial charge in [-0.2, -0.15) is 0 Å². The van der Waals surface area contributed by atoms with Crippen molar-refractivity contribution in [3.63, 3.8) is 0 Å². The maximum Gasteiger partial charge on any atom is 0.307 e. The molecule has 0 unspecified atom stereocenters. The molecule has 1 heterocycles. The molecule has 20 heavy (non-hydrogen) atoms. The van der Waals surface area contributed by atoms with Gasteiger partial charge in [0.05, 0.1) is 26.6 Å². The van der Waals surface area contributed by atoms with Crippen LogP contribution >= 0.6 is 0 Å². The van der Waals surface area contributed by atoms with Crippen LogP contribution in [0.25, 0.3) is 0 Å². The molecule has 0 bridgehead atoms. The van der Waals surface area contributed by atoms with Crippen LogP contribution in [0.4, 0.5) is 0 Å². The summed E-state index contributed by atoms with van der Waals surface area (Å²) in [5.41, 5.74) is 2.11. The van der Waals surface area contributed by atoms with Crippen molar-refractivity contribution < 1.29 is 19.1 Å². The monoisotopic (exact) mass is 277 g/mol. The Hall–Kier alpha value is -2.04. The predicted octanol–water partition coefficient (Wildman–Crippen LogP) is 1.53. The first kappa shape index (κ1) is 14.4. The predicted molar refractivity (Wildman–Crippen MR) is 73.4 cm³/mol. The van der Waals surface area contributed by atoms with Gasteiger partial charge in [-0.25, -0.2) is 0 Å². The van der Waals surface area contributed by atoms with Gasteiger partial charge in [-0.3, -0.25) is 9.59 Å². The van der Waals surface area contributed by atoms with Crippen LogP contribution in [-0.4, -0.2) is 37.0 Å². The van der Waals surface area contributed by atoms with Crippen LogP contribution in [-0.2, 0) is 27.3 Å². The van der Waals surface area contributed by atoms with Crippen molar-refractivity contribution in [1.82, 2.24) is 4.90 Å². The number of amides is 1. The number of benzene rings is 1. The number of fused-ring (bicyclic) bond motifs is 1. The van der Waals surface area contributed by atoms with Crippen LogP contribution < -0.4 is 4.74 Å². The van der Waals surface area contributed by atoms with E-state index in [1.807, 2.05) is 18.2 Å². The topological polar surface area (TPSA) is 55.8 Å². The summed E-state index contributed by atoms with van der Waals surface area (Å²) in [7, 11) is 1.61. The first-order chi connectivity index (χ1) is 9.63. The van der Waals surface area contributed by atoms with Crippen molar-refractivity contribution in [2.75, 3.05) is 20.3 Å². The van der Waals surface area contributed by atoms with Crippen molar-refractivity contribution in [2.45, 2.75) is 26.3 Å². The molecule has 0 spiro atoms. The molecule has 1 amide bonds. The van der Waals surface area contributed by atoms with Crippen molar-refractivity contribution in [2.24, 2.45) is 0 Å². The second kappa shape index (κ2) is 6.41. The molecule has 5 heteroatoms. The summed E-state index contributed by atoms with van der Waals surface area (Å²) in [5.74, 6) is 0.535. The average molecular weight is 277 g/mol. The summed E-state index contributed by atoms with van der Waals surface area (Å²) >= 11 is 0. The molecule has 1 aromatic carbocycles. The van der Waals surface area contributed by atoms with E-state index >= 15 is 0 Å². The van der Waals surface area contributed by atoms with Crippen molar-refractivity contribution in [1.29, 1.82) is 0 Å². The van der Waals surface area contributed by atoms with Gasteiger partial charge in [0, 0.05) is 13.1 Å². The summed E-state index contributed by atoms with van der Waals surface area (Å²) in [6.07, 6.45) is 0.598. The molecule has 0 saturated heterocycles. The van der Waals surface area contributed by atoms with Gasteiger partial charge in [-0.15, -0.1) is 0 Å². The Morgan fingerprint density at radius 3 is 2.85 bits per heavy atom. The van der Waals surface area contributed by atoms with Gasteiger partial charge in [0.25, 0.3) is 0 Å². The maximum atomic E-state index is 12.1. The molecule has 108 valence electrons. The van der Waals surface area contributed by atoms with Crippen molar-refractivity contribution in [3.8, 4) is 5.75 Å². The van der Waals surface area contributed by atoms with E-state index in [2.05, 4.69) is 0 Å². The van der Waals surface area contributed by atoms with Crippen LogP contribution in [0.2, 0.25) is 0 Å². The van der Waals surface area contributed by atoms with Gasteiger partial charge in [0.1, 0.15) is 5.75 Å². The lowest BCUT2D eigenvalue weighted by Crippen LogP contribution is -2.37. The lowest BCUT2D eigenvalue weighted by molar-refractivity contribution is -0.144. The van der Waals surface area contributed by atoms with Crippen LogP contribution in [0.3, 0.4) is 0 Å². The molecule has 0 aromatic heterocycles. The fourth-order valence-electron chi connectivity index (χ4n) is 2.28. The minimum Gasteiger partial charge on any atom is -0.497 e. The van der Waals surface area contributed by atoms with Crippen LogP contribution in [0.15, 0.2) is 18.2 Å². The lowest BCUT2D eigenvalue weighted by atomic mass is 9.99. The molecule has 5 nitrogen and oxygen atoms in total. The van der Waals surface area contributed by atoms with E-state index in [-0.39, 0.29) is 18.3 Å². The first-order valence-electron chi connectivity index (χ1n) is 6.73. The van der Waals surface area contributed by atoms with Crippen molar-refractivity contribution >= 4 is 11.9 Å². The zero-order valence-electron chi connectivity index (χ0n) is 11.8. The Morgan fingerprint density at radius 1 is 1.35 bits per heavy atom. The Balaban J connectivity index is 2.00. The maximum absolute atomic E-state index is 12.1. The molecule has 1 aliphatic rings. The fourth-order valence-corrected chi connectivity index (χ4v) is 2.28. The summed E-state index contributed by atoms with van der Waals surface area (Å²) in [5, 5.41) is 0. The number of ether oxygens (including phenoxy) is 2. The van der Waals surface area contributed by atoms with E-state index in [0.717, 1.165) is 16.9 Å². The van der Waals surface area contributed by atoms with Gasteiger partial charge in [0.15, 0.2) is 0 Å². The zero-order chi connectivity index (χ0) is 14.5. The molecule has 1 aliphatic heterocycles. The van der Waals surface area contributed by atoms with E-state index in [4.69, 9.17) is 9.47 Å². The standard InChI is InChI=1S/C15H19NO4/c1-3-20-15(18)6-7-16-10-11-4-5-13(19-2)8-12(11)9-14(16)17/h4-5,8H,3,6-7,9-10H2,1-2H3. The molecule has 0 aliphatic carbocycles. The molecular weight excluding hydrogens is 258 g/mol. The number of methoxy groups -OCH3 is 1. The third-order valence-electron chi connectivity index (χ3n) is 3.36. The highest BCUT2D eigenvalue weighted by Crippen LogP contribution is 2.24. The molecule has 0 atom stereocenters. The van der Waals surface area contributed by atoms with Crippen LogP contribution in [0.5, 0.6) is 5.75 Å². The molecule has 2 rings (SSSR count). The molecule has 0 N–H and O–H groups in total. The number of hydrogen-bond donors (Lipinski definition) is 0. The fraction of sp³-hybridized carbons (Fsp3) is 0.467. The third kappa shape index (κ3) is 3.29. The van der Waals surface area contributed by atoms with Crippen LogP contribution in [0.1, 0.15) is 24.5 Å². The molecule has 1 aromatic rings. The first-order valence-corrected chi connectivity index (χ1v) is 6.73. The number of esters is 1. The summed E-state index contributed by atoms with van der Waals surface area (Å²) in [6.45, 7) is 3.09. The Kier molecular flexibility index (Phi) is 4.61. The highest BCUT2D eigenvalue weighted by Gasteiger charge is 2.23. The van der Waals surface area contributed by atoms with E-state index < -0.39 is 0 Å². The summed E-state index contributed by atoms with van der Waals surface area (Å²) < 4.78 is 10.0. The smallest absolute Gasteiger partial charge is 0.307 e. The minimum atomic E-state index is -0.263. The highest BCUT2D eigenvalue weighted by molar-refractivity contribution is 5.81. The number of carbonyl (C=O) groups excluding carboxylic acids is 2. The number of rotatable bonds is 5. The quantitative estimate of drug-likeness (QED) is 0.766. The van der Waals surface area contributed by atoms with Gasteiger partial charge in [0.2, 0.25) is 5.91 Å². The molecular formula is C15H19NO4. The largest absolute Gasteiger partial charge is 0.497 e. The van der Waals surface area contributed by atoms with Gasteiger partial charge < -0.3 is 14.4 Å². The second-order valence-electron chi connectivity index (χ2n) is 4.68. The molecule has 0 fully saturated rings. The normalized spacial score (nSPS) is 13.9. The van der Waals surface area contributed by atoms with E-state index in [1.54, 1.807) is 18.9 Å². The third-order valence-corrected chi connectivity index (χ3v) is 3.36. The van der Waals surface area contributed by atoms with E-state index in [9.17, 15) is 9.59 Å². The number of hydrogen-bond acceptors (Lipinski definition) is 4.